The van der Waals surface area contributed by atoms with Gasteiger partial charge >= 0.3 is 0 Å². The summed E-state index contributed by atoms with van der Waals surface area (Å²) >= 11 is 5.94. The molecule has 0 N–H and O–H groups in total. The lowest BCUT2D eigenvalue weighted by atomic mass is 9.86. The zero-order valence-corrected chi connectivity index (χ0v) is 18.3. The molecule has 1 aliphatic rings. The van der Waals surface area contributed by atoms with Gasteiger partial charge in [-0.2, -0.15) is 0 Å². The zero-order chi connectivity index (χ0) is 23.0. The van der Waals surface area contributed by atoms with Gasteiger partial charge in [0.15, 0.2) is 11.6 Å². The molecule has 1 saturated heterocycles. The van der Waals surface area contributed by atoms with Crippen molar-refractivity contribution in [3.8, 4) is 0 Å². The molecule has 160 valence electrons. The largest absolute Gasteiger partial charge is 0.297 e. The van der Waals surface area contributed by atoms with Gasteiger partial charge in [-0.1, -0.05) is 41.4 Å². The number of carbonyl (C=O) groups excluding carboxylic acids is 4. The van der Waals surface area contributed by atoms with E-state index in [0.717, 1.165) is 5.56 Å². The summed E-state index contributed by atoms with van der Waals surface area (Å²) in [6, 6.07) is 19.3. The van der Waals surface area contributed by atoms with Gasteiger partial charge in [0, 0.05) is 21.8 Å². The van der Waals surface area contributed by atoms with E-state index in [1.165, 1.54) is 11.8 Å². The molecule has 3 aromatic carbocycles. The first kappa shape index (κ1) is 21.7. The average molecular weight is 446 g/mol. The highest BCUT2D eigenvalue weighted by Crippen LogP contribution is 2.41. The van der Waals surface area contributed by atoms with Crippen molar-refractivity contribution in [2.45, 2.75) is 19.9 Å². The Morgan fingerprint density at radius 3 is 1.94 bits per heavy atom. The van der Waals surface area contributed by atoms with Crippen molar-refractivity contribution in [2.75, 3.05) is 4.90 Å². The highest BCUT2D eigenvalue weighted by molar-refractivity contribution is 6.49. The Morgan fingerprint density at radius 1 is 0.812 bits per heavy atom. The van der Waals surface area contributed by atoms with Crippen LogP contribution in [0.3, 0.4) is 0 Å². The SMILES string of the molecule is CC(=O)c1ccc(N2C(=O)C(=O)C(C(=O)c3ccc(Cl)cc3)C2c2ccc(C)cc2)cc1. The molecule has 3 aromatic rings. The smallest absolute Gasteiger partial charge is 0.295 e. The second-order valence-electron chi connectivity index (χ2n) is 7.85. The molecule has 1 fully saturated rings. The van der Waals surface area contributed by atoms with Crippen molar-refractivity contribution >= 4 is 40.5 Å². The number of nitrogens with zero attached hydrogens (tertiary/aromatic N) is 1. The maximum Gasteiger partial charge on any atom is 0.295 e. The minimum absolute atomic E-state index is 0.105. The van der Waals surface area contributed by atoms with Crippen molar-refractivity contribution in [1.29, 1.82) is 0 Å². The molecular weight excluding hydrogens is 426 g/mol. The average Bonchev–Trinajstić information content (AvgIpc) is 3.05. The van der Waals surface area contributed by atoms with Gasteiger partial charge in [-0.25, -0.2) is 0 Å². The number of carbonyl (C=O) groups is 4. The van der Waals surface area contributed by atoms with E-state index in [1.54, 1.807) is 48.5 Å². The second-order valence-corrected chi connectivity index (χ2v) is 8.28. The van der Waals surface area contributed by atoms with Crippen molar-refractivity contribution < 1.29 is 19.2 Å². The third-order valence-corrected chi connectivity index (χ3v) is 5.94. The summed E-state index contributed by atoms with van der Waals surface area (Å²) in [6.07, 6.45) is 0. The number of benzene rings is 3. The summed E-state index contributed by atoms with van der Waals surface area (Å²) < 4.78 is 0. The van der Waals surface area contributed by atoms with Crippen LogP contribution in [0.2, 0.25) is 5.02 Å². The van der Waals surface area contributed by atoms with Crippen LogP contribution in [0.25, 0.3) is 0 Å². The van der Waals surface area contributed by atoms with E-state index in [9.17, 15) is 19.2 Å². The fraction of sp³-hybridized carbons (Fsp3) is 0.154. The van der Waals surface area contributed by atoms with Gasteiger partial charge in [-0.3, -0.25) is 24.1 Å². The molecule has 0 aliphatic carbocycles. The molecule has 0 aromatic heterocycles. The van der Waals surface area contributed by atoms with Crippen LogP contribution >= 0.6 is 11.6 Å². The summed E-state index contributed by atoms with van der Waals surface area (Å²) in [5.41, 5.74) is 2.95. The molecule has 0 spiro atoms. The molecule has 0 saturated carbocycles. The molecule has 5 nitrogen and oxygen atoms in total. The fourth-order valence-corrected chi connectivity index (χ4v) is 4.09. The van der Waals surface area contributed by atoms with Crippen LogP contribution < -0.4 is 4.90 Å². The summed E-state index contributed by atoms with van der Waals surface area (Å²) in [7, 11) is 0. The van der Waals surface area contributed by atoms with Crippen LogP contribution in [-0.4, -0.2) is 23.3 Å². The van der Waals surface area contributed by atoms with Crippen LogP contribution in [0.4, 0.5) is 5.69 Å². The maximum absolute atomic E-state index is 13.4. The minimum atomic E-state index is -1.20. The van der Waals surface area contributed by atoms with Crippen LogP contribution in [0.15, 0.2) is 72.8 Å². The standard InChI is InChI=1S/C26H20ClNO4/c1-15-3-5-18(6-4-15)23-22(24(30)19-7-11-20(27)12-8-19)25(31)26(32)28(23)21-13-9-17(10-14-21)16(2)29/h3-14,22-23H,1-2H3. The van der Waals surface area contributed by atoms with Crippen molar-refractivity contribution in [3.63, 3.8) is 0 Å². The van der Waals surface area contributed by atoms with E-state index in [4.69, 9.17) is 11.6 Å². The molecule has 2 unspecified atom stereocenters. The highest BCUT2D eigenvalue weighted by atomic mass is 35.5. The van der Waals surface area contributed by atoms with E-state index < -0.39 is 29.4 Å². The van der Waals surface area contributed by atoms with Crippen LogP contribution in [0.1, 0.15) is 44.8 Å². The molecule has 2 atom stereocenters. The number of ketones is 3. The van der Waals surface area contributed by atoms with Crippen LogP contribution in [0, 0.1) is 12.8 Å². The third-order valence-electron chi connectivity index (χ3n) is 5.69. The Kier molecular flexibility index (Phi) is 5.76. The second kappa shape index (κ2) is 8.52. The van der Waals surface area contributed by atoms with Gasteiger partial charge in [0.1, 0.15) is 5.92 Å². The van der Waals surface area contributed by atoms with E-state index in [-0.39, 0.29) is 5.78 Å². The number of Topliss-reactive ketones (excluding diaryl/α,β-unsaturated/α-hetero) is 3. The lowest BCUT2D eigenvalue weighted by Gasteiger charge is -2.27. The predicted molar refractivity (Wildman–Crippen MR) is 122 cm³/mol. The first-order valence-corrected chi connectivity index (χ1v) is 10.5. The number of hydrogen-bond donors (Lipinski definition) is 0. The van der Waals surface area contributed by atoms with E-state index in [0.29, 0.717) is 27.4 Å². The first-order chi connectivity index (χ1) is 15.3. The minimum Gasteiger partial charge on any atom is -0.297 e. The molecule has 1 heterocycles. The van der Waals surface area contributed by atoms with E-state index >= 15 is 0 Å². The van der Waals surface area contributed by atoms with Crippen LogP contribution in [-0.2, 0) is 9.59 Å². The predicted octanol–water partition coefficient (Wildman–Crippen LogP) is 5.01. The van der Waals surface area contributed by atoms with Crippen molar-refractivity contribution in [1.82, 2.24) is 0 Å². The quantitative estimate of drug-likeness (QED) is 0.314. The molecule has 0 bridgehead atoms. The number of aryl methyl sites for hydroxylation is 1. The van der Waals surface area contributed by atoms with Gasteiger partial charge in [-0.15, -0.1) is 0 Å². The molecule has 32 heavy (non-hydrogen) atoms. The molecule has 1 aliphatic heterocycles. The van der Waals surface area contributed by atoms with E-state index in [2.05, 4.69) is 0 Å². The Hall–Kier alpha value is -3.57. The van der Waals surface area contributed by atoms with Crippen molar-refractivity contribution in [3.05, 3.63) is 100 Å². The van der Waals surface area contributed by atoms with Gasteiger partial charge in [-0.05, 0) is 67.9 Å². The molecule has 4 rings (SSSR count). The Morgan fingerprint density at radius 2 is 1.38 bits per heavy atom. The first-order valence-electron chi connectivity index (χ1n) is 10.1. The Bertz CT molecular complexity index is 1210. The molecule has 0 radical (unpaired) electrons. The molecule has 1 amide bonds. The number of amides is 1. The number of rotatable bonds is 5. The Labute approximate surface area is 190 Å². The fourth-order valence-electron chi connectivity index (χ4n) is 3.97. The normalized spacial score (nSPS) is 18.2. The number of hydrogen-bond acceptors (Lipinski definition) is 4. The number of halogens is 1. The third kappa shape index (κ3) is 3.87. The summed E-state index contributed by atoms with van der Waals surface area (Å²) in [5.74, 6) is -3.25. The number of anilines is 1. The van der Waals surface area contributed by atoms with Crippen LogP contribution in [0.5, 0.6) is 0 Å². The topological polar surface area (TPSA) is 71.5 Å². The Balaban J connectivity index is 1.83. The summed E-state index contributed by atoms with van der Waals surface area (Å²) in [4.78, 5) is 52.6. The van der Waals surface area contributed by atoms with Crippen molar-refractivity contribution in [2.24, 2.45) is 5.92 Å². The lowest BCUT2D eigenvalue weighted by Crippen LogP contribution is -2.30. The van der Waals surface area contributed by atoms with Gasteiger partial charge in [0.05, 0.1) is 6.04 Å². The lowest BCUT2D eigenvalue weighted by molar-refractivity contribution is -0.135. The van der Waals surface area contributed by atoms with E-state index in [1.807, 2.05) is 31.2 Å². The van der Waals surface area contributed by atoms with Gasteiger partial charge in [0.2, 0.25) is 5.78 Å². The zero-order valence-electron chi connectivity index (χ0n) is 17.5. The van der Waals surface area contributed by atoms with Gasteiger partial charge in [0.25, 0.3) is 5.91 Å². The monoisotopic (exact) mass is 445 g/mol. The highest BCUT2D eigenvalue weighted by Gasteiger charge is 2.52. The summed E-state index contributed by atoms with van der Waals surface area (Å²) in [5, 5.41) is 0.470. The molecule has 6 heteroatoms. The summed E-state index contributed by atoms with van der Waals surface area (Å²) in [6.45, 7) is 3.39. The molecular formula is C26H20ClNO4. The van der Waals surface area contributed by atoms with Gasteiger partial charge < -0.3 is 0 Å². The maximum atomic E-state index is 13.4.